The predicted octanol–water partition coefficient (Wildman–Crippen LogP) is 3.08. The Hall–Kier alpha value is -1.51. The second-order valence-electron chi connectivity index (χ2n) is 5.47. The Morgan fingerprint density at radius 2 is 1.68 bits per heavy atom. The van der Waals surface area contributed by atoms with E-state index in [1.54, 1.807) is 0 Å². The molecule has 0 aromatic heterocycles. The maximum Gasteiger partial charge on any atom is 0.263 e. The lowest BCUT2D eigenvalue weighted by molar-refractivity contribution is -0.138. The van der Waals surface area contributed by atoms with E-state index < -0.39 is 6.10 Å². The van der Waals surface area contributed by atoms with Crippen molar-refractivity contribution in [1.29, 1.82) is 0 Å². The normalized spacial score (nSPS) is 17.1. The minimum Gasteiger partial charge on any atom is -0.481 e. The third kappa shape index (κ3) is 3.72. The number of hydrogen-bond acceptors (Lipinski definition) is 2. The fourth-order valence-electron chi connectivity index (χ4n) is 2.63. The molecule has 0 unspecified atom stereocenters. The summed E-state index contributed by atoms with van der Waals surface area (Å²) in [4.78, 5) is 14.2. The van der Waals surface area contributed by atoms with Crippen LogP contribution in [0.3, 0.4) is 0 Å². The van der Waals surface area contributed by atoms with Crippen molar-refractivity contribution < 1.29 is 9.53 Å². The predicted molar refractivity (Wildman–Crippen MR) is 76.4 cm³/mol. The number of amides is 1. The van der Waals surface area contributed by atoms with Gasteiger partial charge in [-0.15, -0.1) is 0 Å². The van der Waals surface area contributed by atoms with Gasteiger partial charge >= 0.3 is 0 Å². The van der Waals surface area contributed by atoms with Crippen LogP contribution >= 0.6 is 0 Å². The molecule has 0 radical (unpaired) electrons. The quantitative estimate of drug-likeness (QED) is 0.837. The van der Waals surface area contributed by atoms with E-state index in [-0.39, 0.29) is 5.91 Å². The first-order valence-electron chi connectivity index (χ1n) is 7.10. The van der Waals surface area contributed by atoms with E-state index >= 15 is 0 Å². The average Bonchev–Trinajstić information content (AvgIpc) is 2.37. The Bertz CT molecular complexity index is 430. The maximum absolute atomic E-state index is 12.3. The molecule has 1 heterocycles. The van der Waals surface area contributed by atoms with Gasteiger partial charge in [0, 0.05) is 13.1 Å². The van der Waals surface area contributed by atoms with E-state index in [0.717, 1.165) is 42.8 Å². The van der Waals surface area contributed by atoms with E-state index in [0.29, 0.717) is 0 Å². The van der Waals surface area contributed by atoms with Gasteiger partial charge in [-0.2, -0.15) is 0 Å². The van der Waals surface area contributed by atoms with Crippen molar-refractivity contribution in [2.24, 2.45) is 0 Å². The number of benzene rings is 1. The van der Waals surface area contributed by atoms with Crippen LogP contribution in [0.5, 0.6) is 5.75 Å². The molecule has 2 rings (SSSR count). The molecule has 1 aromatic rings. The average molecular weight is 261 g/mol. The van der Waals surface area contributed by atoms with Crippen LogP contribution in [0, 0.1) is 13.8 Å². The van der Waals surface area contributed by atoms with E-state index in [1.165, 1.54) is 6.42 Å². The van der Waals surface area contributed by atoms with Crippen LogP contribution in [0.15, 0.2) is 18.2 Å². The van der Waals surface area contributed by atoms with Crippen molar-refractivity contribution in [1.82, 2.24) is 4.90 Å². The van der Waals surface area contributed by atoms with Crippen molar-refractivity contribution in [3.8, 4) is 5.75 Å². The topological polar surface area (TPSA) is 29.5 Å². The molecular weight excluding hydrogens is 238 g/mol. The maximum atomic E-state index is 12.3. The lowest BCUT2D eigenvalue weighted by Gasteiger charge is -2.29. The molecule has 3 heteroatoms. The molecule has 0 N–H and O–H groups in total. The number of carbonyl (C=O) groups excluding carboxylic acids is 1. The smallest absolute Gasteiger partial charge is 0.263 e. The highest BCUT2D eigenvalue weighted by molar-refractivity contribution is 5.81. The molecule has 1 aliphatic heterocycles. The van der Waals surface area contributed by atoms with Crippen molar-refractivity contribution in [3.63, 3.8) is 0 Å². The molecule has 0 bridgehead atoms. The molecule has 0 spiro atoms. The number of likely N-dealkylation sites (tertiary alicyclic amines) is 1. The van der Waals surface area contributed by atoms with Crippen molar-refractivity contribution in [2.45, 2.75) is 46.1 Å². The van der Waals surface area contributed by atoms with Crippen LogP contribution in [-0.2, 0) is 4.79 Å². The van der Waals surface area contributed by atoms with Crippen LogP contribution in [0.4, 0.5) is 0 Å². The van der Waals surface area contributed by atoms with Crippen molar-refractivity contribution in [2.75, 3.05) is 13.1 Å². The van der Waals surface area contributed by atoms with Crippen molar-refractivity contribution in [3.05, 3.63) is 29.3 Å². The third-order valence-corrected chi connectivity index (χ3v) is 3.52. The van der Waals surface area contributed by atoms with Crippen LogP contribution in [0.1, 0.15) is 37.3 Å². The number of nitrogens with zero attached hydrogens (tertiary/aromatic N) is 1. The molecule has 1 fully saturated rings. The highest BCUT2D eigenvalue weighted by atomic mass is 16.5. The van der Waals surface area contributed by atoms with Gasteiger partial charge in [-0.05, 0) is 63.3 Å². The second-order valence-corrected chi connectivity index (χ2v) is 5.47. The number of piperidine rings is 1. The lowest BCUT2D eigenvalue weighted by atomic mass is 10.1. The van der Waals surface area contributed by atoms with Crippen LogP contribution in [0.25, 0.3) is 0 Å². The Kier molecular flexibility index (Phi) is 4.46. The van der Waals surface area contributed by atoms with Gasteiger partial charge in [0.1, 0.15) is 5.75 Å². The summed E-state index contributed by atoms with van der Waals surface area (Å²) in [5, 5.41) is 0. The first-order chi connectivity index (χ1) is 9.06. The highest BCUT2D eigenvalue weighted by Crippen LogP contribution is 2.19. The van der Waals surface area contributed by atoms with Gasteiger partial charge in [0.25, 0.3) is 5.91 Å². The molecule has 1 saturated heterocycles. The Balaban J connectivity index is 1.99. The number of hydrogen-bond donors (Lipinski definition) is 0. The first-order valence-corrected chi connectivity index (χ1v) is 7.10. The lowest BCUT2D eigenvalue weighted by Crippen LogP contribution is -2.43. The van der Waals surface area contributed by atoms with Gasteiger partial charge in [-0.3, -0.25) is 4.79 Å². The zero-order valence-corrected chi connectivity index (χ0v) is 12.1. The number of carbonyl (C=O) groups is 1. The summed E-state index contributed by atoms with van der Waals surface area (Å²) in [5.41, 5.74) is 2.32. The van der Waals surface area contributed by atoms with E-state index in [9.17, 15) is 4.79 Å². The van der Waals surface area contributed by atoms with Gasteiger partial charge in [0.15, 0.2) is 6.10 Å². The largest absolute Gasteiger partial charge is 0.481 e. The molecule has 3 nitrogen and oxygen atoms in total. The van der Waals surface area contributed by atoms with Crippen molar-refractivity contribution >= 4 is 5.91 Å². The molecule has 1 aromatic carbocycles. The molecule has 1 atom stereocenters. The van der Waals surface area contributed by atoms with Gasteiger partial charge in [-0.25, -0.2) is 0 Å². The molecule has 19 heavy (non-hydrogen) atoms. The summed E-state index contributed by atoms with van der Waals surface area (Å²) in [6, 6.07) is 6.06. The van der Waals surface area contributed by atoms with Crippen LogP contribution in [0.2, 0.25) is 0 Å². The van der Waals surface area contributed by atoms with Crippen LogP contribution in [-0.4, -0.2) is 30.0 Å². The molecule has 104 valence electrons. The third-order valence-electron chi connectivity index (χ3n) is 3.52. The fraction of sp³-hybridized carbons (Fsp3) is 0.562. The highest BCUT2D eigenvalue weighted by Gasteiger charge is 2.23. The fourth-order valence-corrected chi connectivity index (χ4v) is 2.63. The van der Waals surface area contributed by atoms with E-state index in [1.807, 2.05) is 37.8 Å². The van der Waals surface area contributed by atoms with Crippen LogP contribution < -0.4 is 4.74 Å². The second kappa shape index (κ2) is 6.09. The minimum atomic E-state index is -0.403. The Labute approximate surface area is 115 Å². The molecular formula is C16H23NO2. The zero-order chi connectivity index (χ0) is 13.8. The van der Waals surface area contributed by atoms with E-state index in [2.05, 4.69) is 6.07 Å². The van der Waals surface area contributed by atoms with Gasteiger partial charge in [0.2, 0.25) is 0 Å². The molecule has 0 aliphatic carbocycles. The standard InChI is InChI=1S/C16H23NO2/c1-12-9-13(2)11-15(10-12)19-14(3)16(18)17-7-5-4-6-8-17/h9-11,14H,4-8H2,1-3H3/t14-/m0/s1. The molecule has 1 aliphatic rings. The van der Waals surface area contributed by atoms with Gasteiger partial charge < -0.3 is 9.64 Å². The summed E-state index contributed by atoms with van der Waals surface area (Å²) in [6.07, 6.45) is 3.06. The number of ether oxygens (including phenoxy) is 1. The Morgan fingerprint density at radius 1 is 1.11 bits per heavy atom. The number of aryl methyl sites for hydroxylation is 2. The monoisotopic (exact) mass is 261 g/mol. The summed E-state index contributed by atoms with van der Waals surface area (Å²) >= 11 is 0. The summed E-state index contributed by atoms with van der Waals surface area (Å²) in [5.74, 6) is 0.897. The first kappa shape index (κ1) is 13.9. The van der Waals surface area contributed by atoms with Gasteiger partial charge in [0.05, 0.1) is 0 Å². The Morgan fingerprint density at radius 3 is 2.26 bits per heavy atom. The summed E-state index contributed by atoms with van der Waals surface area (Å²) in [7, 11) is 0. The number of rotatable bonds is 3. The minimum absolute atomic E-state index is 0.110. The molecule has 1 amide bonds. The zero-order valence-electron chi connectivity index (χ0n) is 12.1. The summed E-state index contributed by atoms with van der Waals surface area (Å²) in [6.45, 7) is 7.67. The SMILES string of the molecule is Cc1cc(C)cc(O[C@@H](C)C(=O)N2CCCCC2)c1. The van der Waals surface area contributed by atoms with E-state index in [4.69, 9.17) is 4.74 Å². The van der Waals surface area contributed by atoms with Gasteiger partial charge in [-0.1, -0.05) is 6.07 Å². The molecule has 0 saturated carbocycles. The summed E-state index contributed by atoms with van der Waals surface area (Å²) < 4.78 is 5.80.